The zero-order valence-corrected chi connectivity index (χ0v) is 16.7. The summed E-state index contributed by atoms with van der Waals surface area (Å²) in [6, 6.07) is 21.8. The number of rotatable bonds is 5. The summed E-state index contributed by atoms with van der Waals surface area (Å²) in [6.45, 7) is 0. The fraction of sp³-hybridized carbons (Fsp3) is 0.0455. The molecule has 0 saturated carbocycles. The number of para-hydroxylation sites is 2. The lowest BCUT2D eigenvalue weighted by atomic mass is 10.2. The van der Waals surface area contributed by atoms with E-state index in [1.165, 1.54) is 23.0 Å². The predicted molar refractivity (Wildman–Crippen MR) is 111 cm³/mol. The lowest BCUT2D eigenvalue weighted by molar-refractivity contribution is -0.136. The van der Waals surface area contributed by atoms with Gasteiger partial charge in [0, 0.05) is 5.56 Å². The Morgan fingerprint density at radius 3 is 2.03 bits per heavy atom. The molecule has 0 aliphatic rings. The van der Waals surface area contributed by atoms with Crippen LogP contribution in [0.2, 0.25) is 0 Å². The average molecular weight is 443 g/mol. The van der Waals surface area contributed by atoms with E-state index in [1.54, 1.807) is 60.7 Å². The molecule has 0 amide bonds. The zero-order valence-electron chi connectivity index (χ0n) is 15.9. The van der Waals surface area contributed by atoms with Crippen molar-refractivity contribution in [3.8, 4) is 16.9 Å². The van der Waals surface area contributed by atoms with Crippen molar-refractivity contribution < 1.29 is 21.6 Å². The molecule has 0 aliphatic carbocycles. The van der Waals surface area contributed by atoms with Gasteiger partial charge in [0.05, 0.1) is 23.1 Å². The summed E-state index contributed by atoms with van der Waals surface area (Å²) in [5.74, 6) is 0. The van der Waals surface area contributed by atoms with E-state index in [1.807, 2.05) is 0 Å². The highest BCUT2D eigenvalue weighted by molar-refractivity contribution is 7.92. The van der Waals surface area contributed by atoms with Crippen LogP contribution in [-0.2, 0) is 16.2 Å². The van der Waals surface area contributed by atoms with Crippen LogP contribution in [0.25, 0.3) is 16.9 Å². The van der Waals surface area contributed by atoms with Crippen LogP contribution in [0.4, 0.5) is 18.9 Å². The number of anilines is 1. The molecule has 4 rings (SSSR count). The second-order valence-electron chi connectivity index (χ2n) is 6.64. The summed E-state index contributed by atoms with van der Waals surface area (Å²) in [6.07, 6.45) is -3.42. The molecular formula is C22H16F3N3O2S. The van der Waals surface area contributed by atoms with Crippen LogP contribution in [0.15, 0.2) is 96.0 Å². The molecule has 1 N–H and O–H groups in total. The van der Waals surface area contributed by atoms with E-state index in [9.17, 15) is 21.6 Å². The number of hydrogen-bond donors (Lipinski definition) is 1. The Hall–Kier alpha value is -3.59. The maximum atomic E-state index is 13.3. The lowest BCUT2D eigenvalue weighted by Gasteiger charge is -2.14. The Kier molecular flexibility index (Phi) is 5.28. The number of aromatic nitrogens is 2. The first-order chi connectivity index (χ1) is 14.8. The third-order valence-electron chi connectivity index (χ3n) is 4.51. The Bertz CT molecular complexity index is 1300. The third-order valence-corrected chi connectivity index (χ3v) is 5.88. The molecule has 1 heterocycles. The van der Waals surface area contributed by atoms with E-state index in [0.29, 0.717) is 11.3 Å². The number of nitrogens with one attached hydrogen (secondary N) is 1. The molecule has 3 aromatic carbocycles. The molecule has 5 nitrogen and oxygen atoms in total. The minimum absolute atomic E-state index is 0.126. The van der Waals surface area contributed by atoms with Gasteiger partial charge < -0.3 is 0 Å². The molecule has 0 saturated heterocycles. The van der Waals surface area contributed by atoms with E-state index in [4.69, 9.17) is 0 Å². The van der Waals surface area contributed by atoms with Gasteiger partial charge in [-0.05, 0) is 24.3 Å². The van der Waals surface area contributed by atoms with Gasteiger partial charge in [0.2, 0.25) is 0 Å². The van der Waals surface area contributed by atoms with Crippen molar-refractivity contribution in [2.24, 2.45) is 0 Å². The van der Waals surface area contributed by atoms with Crippen LogP contribution < -0.4 is 4.72 Å². The SMILES string of the molecule is O=S(=O)(Nc1ccccc1C(F)(F)F)c1cn(-c2ccccc2)nc1-c1ccccc1. The lowest BCUT2D eigenvalue weighted by Crippen LogP contribution is -2.17. The van der Waals surface area contributed by atoms with Crippen molar-refractivity contribution in [2.75, 3.05) is 4.72 Å². The van der Waals surface area contributed by atoms with E-state index in [0.717, 1.165) is 12.1 Å². The fourth-order valence-electron chi connectivity index (χ4n) is 3.08. The molecule has 0 atom stereocenters. The first-order valence-corrected chi connectivity index (χ1v) is 10.6. The second-order valence-corrected chi connectivity index (χ2v) is 8.29. The topological polar surface area (TPSA) is 64.0 Å². The number of sulfonamides is 1. The summed E-state index contributed by atoms with van der Waals surface area (Å²) >= 11 is 0. The van der Waals surface area contributed by atoms with Crippen LogP contribution in [0.3, 0.4) is 0 Å². The zero-order chi connectivity index (χ0) is 22.1. The highest BCUT2D eigenvalue weighted by Crippen LogP contribution is 2.36. The van der Waals surface area contributed by atoms with Gasteiger partial charge in [0.1, 0.15) is 10.6 Å². The maximum absolute atomic E-state index is 13.3. The normalized spacial score (nSPS) is 12.0. The number of hydrogen-bond acceptors (Lipinski definition) is 3. The Labute approximate surface area is 176 Å². The Morgan fingerprint density at radius 1 is 0.806 bits per heavy atom. The number of benzene rings is 3. The van der Waals surface area contributed by atoms with Gasteiger partial charge in [0.15, 0.2) is 0 Å². The van der Waals surface area contributed by atoms with E-state index in [2.05, 4.69) is 9.82 Å². The fourth-order valence-corrected chi connectivity index (χ4v) is 4.31. The van der Waals surface area contributed by atoms with E-state index in [-0.39, 0.29) is 10.6 Å². The standard InChI is InChI=1S/C22H16F3N3O2S/c23-22(24,25)18-13-7-8-14-19(18)27-31(29,30)20-15-28(17-11-5-2-6-12-17)26-21(20)16-9-3-1-4-10-16/h1-15,27H. The highest BCUT2D eigenvalue weighted by Gasteiger charge is 2.35. The molecule has 0 spiro atoms. The van der Waals surface area contributed by atoms with Crippen LogP contribution in [0.1, 0.15) is 5.56 Å². The molecule has 31 heavy (non-hydrogen) atoms. The van der Waals surface area contributed by atoms with Crippen molar-refractivity contribution in [1.82, 2.24) is 9.78 Å². The van der Waals surface area contributed by atoms with E-state index >= 15 is 0 Å². The molecule has 0 unspecified atom stereocenters. The minimum atomic E-state index is -4.71. The first-order valence-electron chi connectivity index (χ1n) is 9.15. The smallest absolute Gasteiger partial charge is 0.279 e. The summed E-state index contributed by atoms with van der Waals surface area (Å²) in [7, 11) is -4.40. The van der Waals surface area contributed by atoms with Crippen LogP contribution in [-0.4, -0.2) is 18.2 Å². The largest absolute Gasteiger partial charge is 0.418 e. The van der Waals surface area contributed by atoms with Gasteiger partial charge in [0.25, 0.3) is 10.0 Å². The molecule has 0 fully saturated rings. The van der Waals surface area contributed by atoms with Crippen LogP contribution in [0, 0.1) is 0 Å². The van der Waals surface area contributed by atoms with Gasteiger partial charge in [-0.2, -0.15) is 18.3 Å². The van der Waals surface area contributed by atoms with Gasteiger partial charge in [-0.1, -0.05) is 60.7 Å². The molecular weight excluding hydrogens is 427 g/mol. The summed E-state index contributed by atoms with van der Waals surface area (Å²) < 4.78 is 69.9. The highest BCUT2D eigenvalue weighted by atomic mass is 32.2. The summed E-state index contributed by atoms with van der Waals surface area (Å²) in [5.41, 5.74) is -0.378. The van der Waals surface area contributed by atoms with E-state index < -0.39 is 27.5 Å². The Morgan fingerprint density at radius 2 is 1.39 bits per heavy atom. The molecule has 0 aliphatic heterocycles. The Balaban J connectivity index is 1.84. The van der Waals surface area contributed by atoms with Crippen molar-refractivity contribution in [3.05, 3.63) is 96.7 Å². The monoisotopic (exact) mass is 443 g/mol. The number of alkyl halides is 3. The number of halogens is 3. The van der Waals surface area contributed by atoms with Crippen LogP contribution in [0.5, 0.6) is 0 Å². The number of nitrogens with zero attached hydrogens (tertiary/aromatic N) is 2. The molecule has 0 bridgehead atoms. The van der Waals surface area contributed by atoms with Crippen molar-refractivity contribution in [1.29, 1.82) is 0 Å². The first kappa shape index (κ1) is 20.7. The minimum Gasteiger partial charge on any atom is -0.279 e. The summed E-state index contributed by atoms with van der Waals surface area (Å²) in [5, 5.41) is 4.41. The predicted octanol–water partition coefficient (Wildman–Crippen LogP) is 5.36. The molecule has 0 radical (unpaired) electrons. The molecule has 9 heteroatoms. The van der Waals surface area contributed by atoms with Crippen LogP contribution >= 0.6 is 0 Å². The van der Waals surface area contributed by atoms with Gasteiger partial charge in [-0.15, -0.1) is 0 Å². The van der Waals surface area contributed by atoms with Gasteiger partial charge in [-0.3, -0.25) is 4.72 Å². The maximum Gasteiger partial charge on any atom is 0.418 e. The van der Waals surface area contributed by atoms with Gasteiger partial charge in [-0.25, -0.2) is 13.1 Å². The summed E-state index contributed by atoms with van der Waals surface area (Å²) in [4.78, 5) is -0.237. The van der Waals surface area contributed by atoms with Gasteiger partial charge >= 0.3 is 6.18 Å². The molecule has 158 valence electrons. The van der Waals surface area contributed by atoms with Crippen molar-refractivity contribution in [3.63, 3.8) is 0 Å². The quantitative estimate of drug-likeness (QED) is 0.452. The van der Waals surface area contributed by atoms with Crippen molar-refractivity contribution in [2.45, 2.75) is 11.1 Å². The second kappa shape index (κ2) is 7.92. The molecule has 1 aromatic heterocycles. The average Bonchev–Trinajstić information content (AvgIpc) is 3.21. The third kappa shape index (κ3) is 4.31. The van der Waals surface area contributed by atoms with Crippen molar-refractivity contribution >= 4 is 15.7 Å². The molecule has 4 aromatic rings.